The lowest BCUT2D eigenvalue weighted by Crippen LogP contribution is -2.29. The second-order valence-corrected chi connectivity index (χ2v) is 10.1. The van der Waals surface area contributed by atoms with Crippen molar-refractivity contribution in [1.29, 1.82) is 5.41 Å². The average molecular weight is 442 g/mol. The number of aryl methyl sites for hydroxylation is 1. The van der Waals surface area contributed by atoms with Gasteiger partial charge in [0.25, 0.3) is 0 Å². The maximum atomic E-state index is 8.85. The van der Waals surface area contributed by atoms with Gasteiger partial charge in [0.1, 0.15) is 11.5 Å². The molecule has 5 heteroatoms. The summed E-state index contributed by atoms with van der Waals surface area (Å²) in [6.45, 7) is 11.7. The van der Waals surface area contributed by atoms with Gasteiger partial charge in [-0.2, -0.15) is 0 Å². The van der Waals surface area contributed by atoms with Gasteiger partial charge in [-0.15, -0.1) is 0 Å². The van der Waals surface area contributed by atoms with Gasteiger partial charge in [-0.05, 0) is 74.3 Å². The van der Waals surface area contributed by atoms with Crippen LogP contribution in [-0.4, -0.2) is 39.1 Å². The van der Waals surface area contributed by atoms with Gasteiger partial charge in [0.2, 0.25) is 0 Å². The fourth-order valence-electron chi connectivity index (χ4n) is 5.18. The summed E-state index contributed by atoms with van der Waals surface area (Å²) in [7, 11) is 0. The minimum absolute atomic E-state index is 0.624. The van der Waals surface area contributed by atoms with E-state index >= 15 is 0 Å². The molecule has 2 aliphatic rings. The Labute approximate surface area is 197 Å². The van der Waals surface area contributed by atoms with E-state index in [9.17, 15) is 0 Å². The van der Waals surface area contributed by atoms with Gasteiger partial charge in [0, 0.05) is 36.8 Å². The van der Waals surface area contributed by atoms with Crippen molar-refractivity contribution in [3.63, 3.8) is 0 Å². The topological polar surface area (TPSA) is 57.3 Å². The summed E-state index contributed by atoms with van der Waals surface area (Å²) in [4.78, 5) is 12.0. The predicted octanol–water partition coefficient (Wildman–Crippen LogP) is 6.20. The molecule has 0 amide bonds. The number of aliphatic imine (C=N–C) groups is 1. The molecule has 0 spiro atoms. The third kappa shape index (κ3) is 4.33. The second kappa shape index (κ2) is 8.77. The van der Waals surface area contributed by atoms with Crippen LogP contribution in [0.2, 0.25) is 0 Å². The van der Waals surface area contributed by atoms with Crippen molar-refractivity contribution < 1.29 is 0 Å². The first kappa shape index (κ1) is 21.9. The smallest absolute Gasteiger partial charge is 0.140 e. The molecule has 0 bridgehead atoms. The molecule has 3 heterocycles. The van der Waals surface area contributed by atoms with Gasteiger partial charge in [0.15, 0.2) is 0 Å². The summed E-state index contributed by atoms with van der Waals surface area (Å²) in [5.74, 6) is 2.70. The van der Waals surface area contributed by atoms with Gasteiger partial charge in [-0.1, -0.05) is 32.4 Å². The minimum Gasteiger partial charge on any atom is -0.356 e. The molecule has 33 heavy (non-hydrogen) atoms. The number of fused-ring (bicyclic) bond motifs is 1. The van der Waals surface area contributed by atoms with Crippen LogP contribution in [0.5, 0.6) is 0 Å². The van der Waals surface area contributed by atoms with Crippen molar-refractivity contribution in [2.45, 2.75) is 53.5 Å². The molecule has 1 saturated heterocycles. The Kier molecular flexibility index (Phi) is 5.81. The molecular weight excluding hydrogens is 406 g/mol. The van der Waals surface area contributed by atoms with E-state index in [1.54, 1.807) is 0 Å². The summed E-state index contributed by atoms with van der Waals surface area (Å²) in [6, 6.07) is 12.6. The van der Waals surface area contributed by atoms with Crippen LogP contribution in [0.4, 0.5) is 5.69 Å². The van der Waals surface area contributed by atoms with Crippen LogP contribution in [0.1, 0.15) is 56.9 Å². The number of hydrogen-bond donors (Lipinski definition) is 1. The molecule has 5 rings (SSSR count). The van der Waals surface area contributed by atoms with Gasteiger partial charge in [-0.25, -0.2) is 4.98 Å². The summed E-state index contributed by atoms with van der Waals surface area (Å²) in [5.41, 5.74) is 6.24. The molecule has 2 unspecified atom stereocenters. The minimum atomic E-state index is 0.624. The largest absolute Gasteiger partial charge is 0.356 e. The maximum Gasteiger partial charge on any atom is 0.140 e. The first-order valence-corrected chi connectivity index (χ1v) is 12.4. The lowest BCUT2D eigenvalue weighted by atomic mass is 9.96. The van der Waals surface area contributed by atoms with Crippen LogP contribution in [-0.2, 0) is 6.54 Å². The molecule has 2 atom stereocenters. The SMILES string of the molecule is CCC1CN(C(=N)c2ccc(C)c(/N=C(\C)c3cc4cccnc4n3CC3CC3)c2)CC1C. The summed E-state index contributed by atoms with van der Waals surface area (Å²) in [5, 5.41) is 10.0. The van der Waals surface area contributed by atoms with E-state index in [4.69, 9.17) is 10.4 Å². The number of benzene rings is 1. The number of hydrogen-bond acceptors (Lipinski definition) is 3. The Morgan fingerprint density at radius 1 is 1.18 bits per heavy atom. The normalized spacial score (nSPS) is 21.2. The highest BCUT2D eigenvalue weighted by molar-refractivity contribution is 6.03. The summed E-state index contributed by atoms with van der Waals surface area (Å²) >= 11 is 0. The third-order valence-electron chi connectivity index (χ3n) is 7.54. The molecule has 2 aromatic heterocycles. The first-order chi connectivity index (χ1) is 15.9. The Balaban J connectivity index is 1.47. The van der Waals surface area contributed by atoms with Gasteiger partial charge in [0.05, 0.1) is 17.1 Å². The molecule has 1 N–H and O–H groups in total. The summed E-state index contributed by atoms with van der Waals surface area (Å²) in [6.07, 6.45) is 5.67. The molecular formula is C28H35N5. The fraction of sp³-hybridized carbons (Fsp3) is 0.464. The second-order valence-electron chi connectivity index (χ2n) is 10.1. The average Bonchev–Trinajstić information content (AvgIpc) is 3.45. The van der Waals surface area contributed by atoms with E-state index in [-0.39, 0.29) is 0 Å². The molecule has 0 radical (unpaired) electrons. The molecule has 2 fully saturated rings. The van der Waals surface area contributed by atoms with Crippen molar-refractivity contribution >= 4 is 28.3 Å². The van der Waals surface area contributed by atoms with Crippen molar-refractivity contribution in [3.8, 4) is 0 Å². The van der Waals surface area contributed by atoms with Gasteiger partial charge < -0.3 is 9.47 Å². The summed E-state index contributed by atoms with van der Waals surface area (Å²) < 4.78 is 2.35. The Hall–Kier alpha value is -2.95. The molecule has 5 nitrogen and oxygen atoms in total. The fourth-order valence-corrected chi connectivity index (χ4v) is 5.18. The number of amidine groups is 1. The lowest BCUT2D eigenvalue weighted by Gasteiger charge is -2.20. The number of nitrogens with one attached hydrogen (secondary N) is 1. The highest BCUT2D eigenvalue weighted by Crippen LogP contribution is 2.33. The number of likely N-dealkylation sites (tertiary alicyclic amines) is 1. The molecule has 3 aromatic rings. The van der Waals surface area contributed by atoms with E-state index in [1.165, 1.54) is 24.6 Å². The zero-order valence-corrected chi connectivity index (χ0v) is 20.3. The molecule has 1 aromatic carbocycles. The van der Waals surface area contributed by atoms with Crippen molar-refractivity contribution in [2.24, 2.45) is 22.7 Å². The predicted molar refractivity (Wildman–Crippen MR) is 137 cm³/mol. The Morgan fingerprint density at radius 3 is 2.73 bits per heavy atom. The standard InChI is InChI=1S/C28H35N5/c1-5-22-17-32(15-19(22)3)27(29)23-11-8-18(2)25(13-23)31-20(4)26-14-24-7-6-12-30-28(24)33(26)16-21-9-10-21/h6-8,11-14,19,21-22,29H,5,9-10,15-17H2,1-4H3/b29-27?,31-20+. The van der Waals surface area contributed by atoms with Crippen LogP contribution in [0, 0.1) is 30.1 Å². The number of aromatic nitrogens is 2. The van der Waals surface area contributed by atoms with E-state index < -0.39 is 0 Å². The molecule has 172 valence electrons. The molecule has 1 aliphatic carbocycles. The third-order valence-corrected chi connectivity index (χ3v) is 7.54. The molecule has 1 aliphatic heterocycles. The highest BCUT2D eigenvalue weighted by atomic mass is 15.2. The maximum absolute atomic E-state index is 8.85. The first-order valence-electron chi connectivity index (χ1n) is 12.4. The zero-order valence-electron chi connectivity index (χ0n) is 20.3. The highest BCUT2D eigenvalue weighted by Gasteiger charge is 2.30. The van der Waals surface area contributed by atoms with Crippen molar-refractivity contribution in [2.75, 3.05) is 13.1 Å². The Bertz CT molecular complexity index is 1220. The molecule has 1 saturated carbocycles. The quantitative estimate of drug-likeness (QED) is 0.366. The van der Waals surface area contributed by atoms with Crippen LogP contribution >= 0.6 is 0 Å². The van der Waals surface area contributed by atoms with Gasteiger partial charge >= 0.3 is 0 Å². The number of rotatable bonds is 6. The number of pyridine rings is 1. The Morgan fingerprint density at radius 2 is 2.00 bits per heavy atom. The lowest BCUT2D eigenvalue weighted by molar-refractivity contribution is 0.437. The van der Waals surface area contributed by atoms with Crippen molar-refractivity contribution in [1.82, 2.24) is 14.5 Å². The van der Waals surface area contributed by atoms with Crippen LogP contribution in [0.25, 0.3) is 11.0 Å². The van der Waals surface area contributed by atoms with Crippen LogP contribution in [0.3, 0.4) is 0 Å². The van der Waals surface area contributed by atoms with Crippen molar-refractivity contribution in [3.05, 3.63) is 59.4 Å². The number of nitrogens with zero attached hydrogens (tertiary/aromatic N) is 4. The van der Waals surface area contributed by atoms with Gasteiger partial charge in [-0.3, -0.25) is 10.4 Å². The van der Waals surface area contributed by atoms with Crippen LogP contribution < -0.4 is 0 Å². The van der Waals surface area contributed by atoms with E-state index in [0.29, 0.717) is 17.7 Å². The van der Waals surface area contributed by atoms with E-state index in [2.05, 4.69) is 72.5 Å². The zero-order chi connectivity index (χ0) is 23.1. The monoisotopic (exact) mass is 441 g/mol. The van der Waals surface area contributed by atoms with Crippen LogP contribution in [0.15, 0.2) is 47.6 Å². The van der Waals surface area contributed by atoms with E-state index in [0.717, 1.165) is 59.4 Å². The van der Waals surface area contributed by atoms with E-state index in [1.807, 2.05) is 12.3 Å².